The molecule has 1 rings (SSSR count). The molecule has 3 heteroatoms. The average Bonchev–Trinajstić information content (AvgIpc) is 2.06. The Kier molecular flexibility index (Phi) is 3.20. The number of hydrogen-bond donors (Lipinski definition) is 0. The van der Waals surface area contributed by atoms with Crippen molar-refractivity contribution in [2.24, 2.45) is 0 Å². The number of ketones is 1. The van der Waals surface area contributed by atoms with Gasteiger partial charge in [0.25, 0.3) is 0 Å². The summed E-state index contributed by atoms with van der Waals surface area (Å²) in [6, 6.07) is 9.19. The molecule has 0 aliphatic rings. The molecule has 12 heavy (non-hydrogen) atoms. The number of rotatable bonds is 3. The fourth-order valence-electron chi connectivity index (χ4n) is 0.853. The first kappa shape index (κ1) is 9.17. The van der Waals surface area contributed by atoms with Gasteiger partial charge in [-0.3, -0.25) is 0 Å². The summed E-state index contributed by atoms with van der Waals surface area (Å²) >= 11 is 2.17. The quantitative estimate of drug-likeness (QED) is 0.555. The van der Waals surface area contributed by atoms with Gasteiger partial charge in [-0.05, 0) is 0 Å². The second-order valence-electron chi connectivity index (χ2n) is 2.37. The van der Waals surface area contributed by atoms with Crippen molar-refractivity contribution in [3.8, 4) is 0 Å². The SMILES string of the molecule is O=C([Se])C(=O)Cc1ccccc1. The molecule has 61 valence electrons. The van der Waals surface area contributed by atoms with Gasteiger partial charge in [0.2, 0.25) is 0 Å². The average molecular weight is 226 g/mol. The predicted octanol–water partition coefficient (Wildman–Crippen LogP) is 0.493. The molecule has 0 aliphatic heterocycles. The Morgan fingerprint density at radius 2 is 1.75 bits per heavy atom. The summed E-state index contributed by atoms with van der Waals surface area (Å²) < 4.78 is -0.501. The summed E-state index contributed by atoms with van der Waals surface area (Å²) in [5.41, 5.74) is 0.867. The molecule has 0 N–H and O–H groups in total. The van der Waals surface area contributed by atoms with Crippen LogP contribution in [0.25, 0.3) is 0 Å². The van der Waals surface area contributed by atoms with Gasteiger partial charge in [-0.25, -0.2) is 0 Å². The van der Waals surface area contributed by atoms with Crippen molar-refractivity contribution < 1.29 is 9.59 Å². The maximum atomic E-state index is 10.9. The van der Waals surface area contributed by atoms with E-state index in [1.54, 1.807) is 0 Å². The normalized spacial score (nSPS) is 9.33. The van der Waals surface area contributed by atoms with Crippen LogP contribution in [-0.2, 0) is 16.0 Å². The fraction of sp³-hybridized carbons (Fsp3) is 0.111. The molecule has 1 aromatic carbocycles. The molecule has 0 unspecified atom stereocenters. The molecule has 0 amide bonds. The minimum atomic E-state index is -0.501. The van der Waals surface area contributed by atoms with E-state index in [0.29, 0.717) is 0 Å². The van der Waals surface area contributed by atoms with Crippen LogP contribution in [0.15, 0.2) is 30.3 Å². The van der Waals surface area contributed by atoms with Gasteiger partial charge in [-0.15, -0.1) is 0 Å². The van der Waals surface area contributed by atoms with E-state index in [2.05, 4.69) is 16.0 Å². The van der Waals surface area contributed by atoms with Gasteiger partial charge in [0.15, 0.2) is 0 Å². The number of carbonyl (C=O) groups excluding carboxylic acids is 2. The van der Waals surface area contributed by atoms with Crippen LogP contribution in [0.4, 0.5) is 0 Å². The summed E-state index contributed by atoms with van der Waals surface area (Å²) in [5.74, 6) is -0.388. The van der Waals surface area contributed by atoms with Crippen LogP contribution in [0.1, 0.15) is 5.56 Å². The van der Waals surface area contributed by atoms with Crippen molar-refractivity contribution in [1.82, 2.24) is 0 Å². The van der Waals surface area contributed by atoms with Crippen LogP contribution < -0.4 is 0 Å². The molecule has 0 heterocycles. The Bertz CT molecular complexity index is 293. The van der Waals surface area contributed by atoms with Crippen LogP contribution in [0, 0.1) is 0 Å². The molecule has 2 nitrogen and oxygen atoms in total. The molecular weight excluding hydrogens is 219 g/mol. The van der Waals surface area contributed by atoms with Gasteiger partial charge >= 0.3 is 78.4 Å². The first-order valence-electron chi connectivity index (χ1n) is 3.48. The van der Waals surface area contributed by atoms with Crippen molar-refractivity contribution in [3.05, 3.63) is 35.9 Å². The third-order valence-electron chi connectivity index (χ3n) is 1.44. The molecule has 0 aromatic heterocycles. The zero-order chi connectivity index (χ0) is 8.97. The minimum absolute atomic E-state index is 0.187. The summed E-state index contributed by atoms with van der Waals surface area (Å²) in [5, 5.41) is 0. The van der Waals surface area contributed by atoms with E-state index in [0.717, 1.165) is 5.56 Å². The fourth-order valence-corrected chi connectivity index (χ4v) is 1.00. The topological polar surface area (TPSA) is 34.1 Å². The summed E-state index contributed by atoms with van der Waals surface area (Å²) in [6.45, 7) is 0. The molecule has 0 bridgehead atoms. The Hall–Kier alpha value is -0.921. The third kappa shape index (κ3) is 2.61. The van der Waals surface area contributed by atoms with E-state index < -0.39 is 4.68 Å². The number of benzene rings is 1. The van der Waals surface area contributed by atoms with E-state index in [1.165, 1.54) is 0 Å². The molecule has 1 aromatic rings. The van der Waals surface area contributed by atoms with Crippen molar-refractivity contribution >= 4 is 26.5 Å². The molecule has 0 saturated heterocycles. The molecule has 0 spiro atoms. The zero-order valence-electron chi connectivity index (χ0n) is 6.32. The Morgan fingerprint density at radius 3 is 2.25 bits per heavy atom. The van der Waals surface area contributed by atoms with Crippen molar-refractivity contribution in [2.45, 2.75) is 6.42 Å². The number of hydrogen-bond acceptors (Lipinski definition) is 2. The van der Waals surface area contributed by atoms with Gasteiger partial charge in [0.05, 0.1) is 0 Å². The number of carbonyl (C=O) groups is 2. The van der Waals surface area contributed by atoms with E-state index >= 15 is 0 Å². The molecule has 0 saturated carbocycles. The first-order chi connectivity index (χ1) is 5.70. The standard InChI is InChI=1S/C9H7O2Se/c10-8(9(11)12)6-7-4-2-1-3-5-7/h1-5H,6H2. The van der Waals surface area contributed by atoms with Gasteiger partial charge in [0.1, 0.15) is 0 Å². The third-order valence-corrected chi connectivity index (χ3v) is 1.91. The molecular formula is C9H7O2Se. The van der Waals surface area contributed by atoms with Crippen LogP contribution in [0.5, 0.6) is 0 Å². The van der Waals surface area contributed by atoms with Gasteiger partial charge in [-0.2, -0.15) is 0 Å². The van der Waals surface area contributed by atoms with Gasteiger partial charge < -0.3 is 0 Å². The molecule has 0 atom stereocenters. The Morgan fingerprint density at radius 1 is 1.17 bits per heavy atom. The molecule has 0 aliphatic carbocycles. The van der Waals surface area contributed by atoms with Crippen LogP contribution >= 0.6 is 0 Å². The van der Waals surface area contributed by atoms with Crippen molar-refractivity contribution in [3.63, 3.8) is 0 Å². The van der Waals surface area contributed by atoms with Gasteiger partial charge in [-0.1, -0.05) is 0 Å². The van der Waals surface area contributed by atoms with Crippen LogP contribution in [0.2, 0.25) is 0 Å². The predicted molar refractivity (Wildman–Crippen MR) is 45.9 cm³/mol. The van der Waals surface area contributed by atoms with Crippen LogP contribution in [-0.4, -0.2) is 26.5 Å². The van der Waals surface area contributed by atoms with Crippen molar-refractivity contribution in [2.75, 3.05) is 0 Å². The van der Waals surface area contributed by atoms with Crippen molar-refractivity contribution in [1.29, 1.82) is 0 Å². The van der Waals surface area contributed by atoms with Crippen LogP contribution in [0.3, 0.4) is 0 Å². The van der Waals surface area contributed by atoms with E-state index in [4.69, 9.17) is 0 Å². The maximum absolute atomic E-state index is 10.9. The summed E-state index contributed by atoms with van der Waals surface area (Å²) in [4.78, 5) is 21.5. The molecule has 1 radical (unpaired) electrons. The second kappa shape index (κ2) is 4.19. The van der Waals surface area contributed by atoms with E-state index in [1.807, 2.05) is 30.3 Å². The summed E-state index contributed by atoms with van der Waals surface area (Å²) in [6.07, 6.45) is 0.187. The Balaban J connectivity index is 2.65. The molecule has 0 fully saturated rings. The number of Topliss-reactive ketones (excluding diaryl/α,β-unsaturated/α-hetero) is 1. The Labute approximate surface area is 78.8 Å². The zero-order valence-corrected chi connectivity index (χ0v) is 8.03. The summed E-state index contributed by atoms with van der Waals surface area (Å²) in [7, 11) is 0. The van der Waals surface area contributed by atoms with Gasteiger partial charge in [0, 0.05) is 0 Å². The second-order valence-corrected chi connectivity index (χ2v) is 3.15. The monoisotopic (exact) mass is 227 g/mol. The van der Waals surface area contributed by atoms with E-state index in [-0.39, 0.29) is 12.2 Å². The first-order valence-corrected chi connectivity index (χ1v) is 4.34. The van der Waals surface area contributed by atoms with E-state index in [9.17, 15) is 9.59 Å².